The predicted molar refractivity (Wildman–Crippen MR) is 187 cm³/mol. The van der Waals surface area contributed by atoms with E-state index < -0.39 is 59.8 Å². The van der Waals surface area contributed by atoms with Crippen molar-refractivity contribution < 1.29 is 41.0 Å². The molecule has 1 aliphatic heterocycles. The SMILES string of the molecule is C=NN(/C=N\C)c1cc([C@@H](COC(=O)NC2(C)CC2)N2C(=N)N[C@](CC(C)(C)C)(c3ccc(-c4cnn(C(F)F)c4)cc3)C2=O)ccc1OC(F)(F)F. The Labute approximate surface area is 302 Å². The van der Waals surface area contributed by atoms with E-state index in [9.17, 15) is 31.5 Å². The Morgan fingerprint density at radius 1 is 1.17 bits per heavy atom. The average Bonchev–Trinajstić information content (AvgIpc) is 3.47. The Hall–Kier alpha value is -5.55. The molecule has 0 radical (unpaired) electrons. The van der Waals surface area contributed by atoms with E-state index in [0.717, 1.165) is 35.2 Å². The molecule has 0 bridgehead atoms. The maximum absolute atomic E-state index is 14.9. The summed E-state index contributed by atoms with van der Waals surface area (Å²) >= 11 is 0. The molecule has 5 rings (SSSR count). The summed E-state index contributed by atoms with van der Waals surface area (Å²) in [5, 5.41) is 23.3. The van der Waals surface area contributed by atoms with Gasteiger partial charge in [-0.3, -0.25) is 20.1 Å². The molecule has 0 unspecified atom stereocenters. The molecule has 13 nitrogen and oxygen atoms in total. The van der Waals surface area contributed by atoms with Gasteiger partial charge in [-0.1, -0.05) is 51.1 Å². The van der Waals surface area contributed by atoms with Gasteiger partial charge in [0.1, 0.15) is 24.2 Å². The molecule has 284 valence electrons. The van der Waals surface area contributed by atoms with E-state index in [2.05, 4.69) is 37.3 Å². The largest absolute Gasteiger partial charge is 0.573 e. The van der Waals surface area contributed by atoms with Gasteiger partial charge in [-0.05, 0) is 60.4 Å². The molecule has 2 aliphatic rings. The molecule has 53 heavy (non-hydrogen) atoms. The number of alkyl halides is 5. The lowest BCUT2D eigenvalue weighted by atomic mass is 9.75. The zero-order valence-electron chi connectivity index (χ0n) is 29.7. The fourth-order valence-corrected chi connectivity index (χ4v) is 6.16. The predicted octanol–water partition coefficient (Wildman–Crippen LogP) is 6.94. The molecule has 2 fully saturated rings. The number of hydrogen-bond donors (Lipinski definition) is 3. The first-order valence-electron chi connectivity index (χ1n) is 16.4. The van der Waals surface area contributed by atoms with Crippen molar-refractivity contribution in [3.05, 3.63) is 66.0 Å². The molecule has 1 aromatic heterocycles. The summed E-state index contributed by atoms with van der Waals surface area (Å²) in [6.45, 7) is 7.65. The molecule has 1 saturated carbocycles. The first-order valence-corrected chi connectivity index (χ1v) is 16.4. The van der Waals surface area contributed by atoms with E-state index in [4.69, 9.17) is 10.1 Å². The molecule has 3 N–H and O–H groups in total. The van der Waals surface area contributed by atoms with Gasteiger partial charge >= 0.3 is 19.0 Å². The van der Waals surface area contributed by atoms with Crippen molar-refractivity contribution >= 4 is 36.7 Å². The van der Waals surface area contributed by atoms with E-state index in [1.54, 1.807) is 24.3 Å². The van der Waals surface area contributed by atoms with Crippen molar-refractivity contribution in [1.82, 2.24) is 25.3 Å². The minimum atomic E-state index is -5.07. The van der Waals surface area contributed by atoms with Crippen LogP contribution in [0.1, 0.15) is 70.7 Å². The van der Waals surface area contributed by atoms with Gasteiger partial charge in [-0.2, -0.15) is 19.0 Å². The second kappa shape index (κ2) is 14.5. The van der Waals surface area contributed by atoms with Crippen LogP contribution in [0, 0.1) is 10.8 Å². The number of rotatable bonds is 13. The number of nitrogens with zero attached hydrogens (tertiary/aromatic N) is 6. The van der Waals surface area contributed by atoms with Gasteiger partial charge in [0.25, 0.3) is 5.91 Å². The number of aliphatic imine (C=N–C) groups is 1. The maximum Gasteiger partial charge on any atom is 0.573 e. The van der Waals surface area contributed by atoms with Crippen LogP contribution >= 0.6 is 0 Å². The Balaban J connectivity index is 1.59. The number of aromatic nitrogens is 2. The van der Waals surface area contributed by atoms with Crippen LogP contribution in [0.25, 0.3) is 11.1 Å². The van der Waals surface area contributed by atoms with Crippen molar-refractivity contribution in [2.24, 2.45) is 15.5 Å². The number of anilines is 1. The highest BCUT2D eigenvalue weighted by molar-refractivity contribution is 6.09. The number of carbonyl (C=O) groups is 2. The standard InChI is InChI=1S/C35H40F5N9O4/c1-32(2,3)19-34(24-10-7-21(8-11-24)23-16-44-47(17-23)29(36)37)28(50)49(30(41)45-34)26(18-52-31(51)46-33(4)13-14-33)22-9-12-27(53-35(38,39)40)25(15-22)48(43-6)20-42-5/h7-12,15-17,20,26,29H,6,13-14,18-19H2,1-5H3,(H2,41,45)(H,46,51)/b42-20-/t26-,34-/m1/s1. The third-order valence-corrected chi connectivity index (χ3v) is 8.77. The van der Waals surface area contributed by atoms with Crippen LogP contribution in [0.5, 0.6) is 5.75 Å². The highest BCUT2D eigenvalue weighted by Crippen LogP contribution is 2.44. The number of alkyl carbamates (subject to hydrolysis) is 1. The Bertz CT molecular complexity index is 1890. The highest BCUT2D eigenvalue weighted by atomic mass is 19.4. The third-order valence-electron chi connectivity index (χ3n) is 8.77. The number of ether oxygens (including phenoxy) is 2. The molecular formula is C35H40F5N9O4. The van der Waals surface area contributed by atoms with Crippen molar-refractivity contribution in [2.45, 2.75) is 77.0 Å². The van der Waals surface area contributed by atoms with E-state index >= 15 is 0 Å². The van der Waals surface area contributed by atoms with Gasteiger partial charge < -0.3 is 20.1 Å². The number of hydrogen-bond acceptors (Lipinski definition) is 8. The number of halogens is 5. The van der Waals surface area contributed by atoms with Crippen molar-refractivity contribution in [1.29, 1.82) is 5.41 Å². The second-order valence-electron chi connectivity index (χ2n) is 14.3. The van der Waals surface area contributed by atoms with Crippen LogP contribution in [-0.4, -0.2) is 71.3 Å². The van der Waals surface area contributed by atoms with Gasteiger partial charge in [0.05, 0.1) is 12.2 Å². The summed E-state index contributed by atoms with van der Waals surface area (Å²) in [5.74, 6) is -1.63. The molecule has 2 heterocycles. The van der Waals surface area contributed by atoms with Crippen LogP contribution in [0.4, 0.5) is 32.4 Å². The number of benzene rings is 2. The quantitative estimate of drug-likeness (QED) is 0.0743. The number of nitrogens with one attached hydrogen (secondary N) is 3. The van der Waals surface area contributed by atoms with E-state index in [0.29, 0.717) is 21.4 Å². The second-order valence-corrected chi connectivity index (χ2v) is 14.3. The van der Waals surface area contributed by atoms with Gasteiger partial charge in [0, 0.05) is 31.1 Å². The molecule has 0 spiro atoms. The highest BCUT2D eigenvalue weighted by Gasteiger charge is 2.55. The Kier molecular flexibility index (Phi) is 10.6. The summed E-state index contributed by atoms with van der Waals surface area (Å²) in [7, 11) is 1.37. The lowest BCUT2D eigenvalue weighted by Crippen LogP contribution is -2.47. The van der Waals surface area contributed by atoms with Crippen molar-refractivity contribution in [3.8, 4) is 16.9 Å². The summed E-state index contributed by atoms with van der Waals surface area (Å²) in [6.07, 6.45) is -0.626. The monoisotopic (exact) mass is 745 g/mol. The van der Waals surface area contributed by atoms with Gasteiger partial charge in [0.15, 0.2) is 11.7 Å². The fourth-order valence-electron chi connectivity index (χ4n) is 6.16. The van der Waals surface area contributed by atoms with Crippen LogP contribution in [0.15, 0.2) is 65.0 Å². The lowest BCUT2D eigenvalue weighted by Gasteiger charge is -2.35. The van der Waals surface area contributed by atoms with Crippen LogP contribution in [0.3, 0.4) is 0 Å². The summed E-state index contributed by atoms with van der Waals surface area (Å²) in [4.78, 5) is 32.7. The Morgan fingerprint density at radius 3 is 2.40 bits per heavy atom. The first-order chi connectivity index (χ1) is 24.8. The fraction of sp³-hybridized carbons (Fsp3) is 0.429. The van der Waals surface area contributed by atoms with Crippen LogP contribution in [-0.2, 0) is 15.1 Å². The molecule has 2 aromatic carbocycles. The van der Waals surface area contributed by atoms with Crippen LogP contribution < -0.4 is 20.4 Å². The molecule has 18 heteroatoms. The van der Waals surface area contributed by atoms with Gasteiger partial charge in [0.2, 0.25) is 0 Å². The summed E-state index contributed by atoms with van der Waals surface area (Å²) in [6, 6.07) is 8.89. The molecule has 1 aliphatic carbocycles. The van der Waals surface area contributed by atoms with Crippen molar-refractivity contribution in [2.75, 3.05) is 18.7 Å². The van der Waals surface area contributed by atoms with Crippen molar-refractivity contribution in [3.63, 3.8) is 0 Å². The number of carbonyl (C=O) groups excluding carboxylic acids is 2. The lowest BCUT2D eigenvalue weighted by molar-refractivity contribution is -0.274. The number of hydrazone groups is 1. The first kappa shape index (κ1) is 38.7. The average molecular weight is 746 g/mol. The zero-order valence-corrected chi connectivity index (χ0v) is 29.7. The molecule has 2 amide bonds. The normalized spacial score (nSPS) is 19.0. The smallest absolute Gasteiger partial charge is 0.447 e. The molecule has 2 atom stereocenters. The van der Waals surface area contributed by atoms with Gasteiger partial charge in [-0.15, -0.1) is 13.2 Å². The molecule has 3 aromatic rings. The third kappa shape index (κ3) is 8.74. The van der Waals surface area contributed by atoms with E-state index in [1.165, 1.54) is 31.6 Å². The topological polar surface area (TPSA) is 150 Å². The van der Waals surface area contributed by atoms with E-state index in [1.807, 2.05) is 27.7 Å². The van der Waals surface area contributed by atoms with Crippen LogP contribution in [0.2, 0.25) is 0 Å². The Morgan fingerprint density at radius 2 is 1.85 bits per heavy atom. The minimum absolute atomic E-state index is 0.163. The summed E-state index contributed by atoms with van der Waals surface area (Å²) in [5.41, 5.74) is -1.18. The zero-order chi connectivity index (χ0) is 38.9. The summed E-state index contributed by atoms with van der Waals surface area (Å²) < 4.78 is 77.1. The maximum atomic E-state index is 14.9. The number of amides is 2. The minimum Gasteiger partial charge on any atom is -0.447 e. The molecule has 1 saturated heterocycles. The number of guanidine groups is 1. The van der Waals surface area contributed by atoms with E-state index in [-0.39, 0.29) is 23.6 Å². The van der Waals surface area contributed by atoms with Gasteiger partial charge in [-0.25, -0.2) is 14.5 Å². The molecular weight excluding hydrogens is 705 g/mol.